The molecule has 0 heterocycles. The Morgan fingerprint density at radius 3 is 1.09 bits per heavy atom. The van der Waals surface area contributed by atoms with Crippen LogP contribution >= 0.6 is 0 Å². The highest BCUT2D eigenvalue weighted by Crippen LogP contribution is 2.56. The molecule has 0 saturated carbocycles. The van der Waals surface area contributed by atoms with Crippen LogP contribution in [0.4, 0.5) is 22.7 Å². The van der Waals surface area contributed by atoms with Gasteiger partial charge >= 0.3 is 0 Å². The first-order valence-corrected chi connectivity index (χ1v) is 14.0. The van der Waals surface area contributed by atoms with Crippen molar-refractivity contribution in [2.75, 3.05) is 22.9 Å². The van der Waals surface area contributed by atoms with Crippen molar-refractivity contribution in [3.63, 3.8) is 0 Å². The fourth-order valence-corrected chi connectivity index (χ4v) is 6.25. The van der Waals surface area contributed by atoms with Gasteiger partial charge in [0.05, 0.1) is 5.41 Å². The lowest BCUT2D eigenvalue weighted by Gasteiger charge is -2.34. The molecule has 0 aliphatic heterocycles. The van der Waals surface area contributed by atoms with E-state index < -0.39 is 5.41 Å². The highest BCUT2D eigenvalue weighted by atomic mass is 16.5. The summed E-state index contributed by atoms with van der Waals surface area (Å²) in [7, 11) is 0. The molecule has 6 aromatic carbocycles. The number of fused-ring (bicyclic) bond motifs is 3. The Hall–Kier alpha value is -5.88. The minimum atomic E-state index is -0.562. The third-order valence-electron chi connectivity index (χ3n) is 7.90. The first-order valence-electron chi connectivity index (χ1n) is 14.0. The quantitative estimate of drug-likeness (QED) is 0.153. The summed E-state index contributed by atoms with van der Waals surface area (Å²) in [6.07, 6.45) is 0. The van der Waals surface area contributed by atoms with Gasteiger partial charge in [0.1, 0.15) is 23.0 Å². The van der Waals surface area contributed by atoms with Crippen molar-refractivity contribution in [1.29, 1.82) is 0 Å². The fraction of sp³-hybridized carbons (Fsp3) is 0.0270. The molecule has 8 N–H and O–H groups in total. The monoisotopic (exact) mass is 562 g/mol. The minimum Gasteiger partial charge on any atom is -0.457 e. The van der Waals surface area contributed by atoms with E-state index >= 15 is 0 Å². The zero-order valence-corrected chi connectivity index (χ0v) is 23.3. The normalized spacial score (nSPS) is 12.7. The van der Waals surface area contributed by atoms with Crippen LogP contribution in [0.15, 0.2) is 133 Å². The van der Waals surface area contributed by atoms with Crippen LogP contribution in [0.1, 0.15) is 22.3 Å². The van der Waals surface area contributed by atoms with E-state index in [0.29, 0.717) is 45.7 Å². The summed E-state index contributed by atoms with van der Waals surface area (Å²) in [6, 6.07) is 44.1. The van der Waals surface area contributed by atoms with Crippen molar-refractivity contribution in [3.05, 3.63) is 156 Å². The van der Waals surface area contributed by atoms with Gasteiger partial charge in [0.15, 0.2) is 0 Å². The van der Waals surface area contributed by atoms with Crippen LogP contribution in [0.2, 0.25) is 0 Å². The molecule has 1 aliphatic carbocycles. The van der Waals surface area contributed by atoms with Gasteiger partial charge in [-0.05, 0) is 69.8 Å². The van der Waals surface area contributed by atoms with Gasteiger partial charge in [0.25, 0.3) is 0 Å². The largest absolute Gasteiger partial charge is 0.457 e. The van der Waals surface area contributed by atoms with Crippen molar-refractivity contribution in [3.8, 4) is 34.1 Å². The molecule has 1 aliphatic rings. The van der Waals surface area contributed by atoms with Crippen LogP contribution in [-0.4, -0.2) is 0 Å². The van der Waals surface area contributed by atoms with Crippen LogP contribution in [0.5, 0.6) is 23.0 Å². The SMILES string of the molecule is Nc1cc(N)cc(Oc2ccc(C3(c4ccc(Oc5cc(N)cc(N)c5)cc4)c4ccccc4-c4ccccc43)cc2)c1. The average Bonchev–Trinajstić information content (AvgIpc) is 3.28. The number of hydrogen-bond donors (Lipinski definition) is 4. The minimum absolute atomic E-state index is 0.552. The third kappa shape index (κ3) is 4.55. The van der Waals surface area contributed by atoms with E-state index in [4.69, 9.17) is 32.4 Å². The molecule has 43 heavy (non-hydrogen) atoms. The van der Waals surface area contributed by atoms with E-state index in [0.717, 1.165) is 11.1 Å². The number of rotatable bonds is 6. The second-order valence-electron chi connectivity index (χ2n) is 10.8. The molecule has 210 valence electrons. The number of nitrogens with two attached hydrogens (primary N) is 4. The summed E-state index contributed by atoms with van der Waals surface area (Å²) >= 11 is 0. The van der Waals surface area contributed by atoms with Gasteiger partial charge in [-0.15, -0.1) is 0 Å². The third-order valence-corrected chi connectivity index (χ3v) is 7.90. The lowest BCUT2D eigenvalue weighted by molar-refractivity contribution is 0.482. The van der Waals surface area contributed by atoms with Crippen molar-refractivity contribution in [2.45, 2.75) is 5.41 Å². The van der Waals surface area contributed by atoms with Crippen LogP contribution < -0.4 is 32.4 Å². The Kier molecular flexibility index (Phi) is 6.17. The van der Waals surface area contributed by atoms with Gasteiger partial charge in [0.2, 0.25) is 0 Å². The van der Waals surface area contributed by atoms with Crippen LogP contribution in [0, 0.1) is 0 Å². The molecule has 0 bridgehead atoms. The number of benzene rings is 6. The fourth-order valence-electron chi connectivity index (χ4n) is 6.25. The molecule has 0 spiro atoms. The first-order chi connectivity index (χ1) is 20.9. The molecule has 0 unspecified atom stereocenters. The van der Waals surface area contributed by atoms with Crippen LogP contribution in [0.3, 0.4) is 0 Å². The smallest absolute Gasteiger partial charge is 0.131 e. The van der Waals surface area contributed by atoms with E-state index in [1.807, 2.05) is 24.3 Å². The lowest BCUT2D eigenvalue weighted by Crippen LogP contribution is -2.28. The lowest BCUT2D eigenvalue weighted by atomic mass is 9.68. The second-order valence-corrected chi connectivity index (χ2v) is 10.8. The molecule has 0 radical (unpaired) electrons. The predicted octanol–water partition coefficient (Wildman–Crippen LogP) is 7.96. The molecular formula is C37H30N4O2. The van der Waals surface area contributed by atoms with E-state index in [1.54, 1.807) is 36.4 Å². The topological polar surface area (TPSA) is 123 Å². The number of anilines is 4. The van der Waals surface area contributed by atoms with Gasteiger partial charge < -0.3 is 32.4 Å². The molecule has 7 rings (SSSR count). The molecule has 0 aromatic heterocycles. The summed E-state index contributed by atoms with van der Waals surface area (Å²) in [5.74, 6) is 2.56. The molecule has 0 amide bonds. The highest BCUT2D eigenvalue weighted by molar-refractivity contribution is 5.86. The summed E-state index contributed by atoms with van der Waals surface area (Å²) in [5, 5.41) is 0. The highest BCUT2D eigenvalue weighted by Gasteiger charge is 2.45. The molecule has 6 heteroatoms. The zero-order chi connectivity index (χ0) is 29.6. The van der Waals surface area contributed by atoms with Crippen molar-refractivity contribution in [2.24, 2.45) is 0 Å². The van der Waals surface area contributed by atoms with E-state index in [2.05, 4.69) is 72.8 Å². The number of nitrogen functional groups attached to an aromatic ring is 4. The summed E-state index contributed by atoms with van der Waals surface area (Å²) < 4.78 is 12.3. The summed E-state index contributed by atoms with van der Waals surface area (Å²) in [6.45, 7) is 0. The molecule has 6 aromatic rings. The van der Waals surface area contributed by atoms with Gasteiger partial charge in [0, 0.05) is 47.0 Å². The van der Waals surface area contributed by atoms with Gasteiger partial charge in [-0.3, -0.25) is 0 Å². The molecule has 0 fully saturated rings. The zero-order valence-electron chi connectivity index (χ0n) is 23.3. The van der Waals surface area contributed by atoms with Crippen LogP contribution in [-0.2, 0) is 5.41 Å². The standard InChI is InChI=1S/C37H30N4O2/c38-25-17-26(39)20-31(19-25)42-29-13-9-23(10-14-29)37(35-7-3-1-5-33(35)34-6-2-4-8-36(34)37)24-11-15-30(16-12-24)43-32-21-27(40)18-28(41)22-32/h1-22H,38-41H2. The number of ether oxygens (including phenoxy) is 2. The number of hydrogen-bond acceptors (Lipinski definition) is 6. The maximum atomic E-state index is 6.13. The molecule has 0 atom stereocenters. The summed E-state index contributed by atoms with van der Waals surface area (Å²) in [5.41, 5.74) is 32.6. The van der Waals surface area contributed by atoms with E-state index in [9.17, 15) is 0 Å². The Balaban J connectivity index is 1.34. The van der Waals surface area contributed by atoms with E-state index in [1.165, 1.54) is 22.3 Å². The Morgan fingerprint density at radius 2 is 0.721 bits per heavy atom. The van der Waals surface area contributed by atoms with Crippen molar-refractivity contribution >= 4 is 22.7 Å². The average molecular weight is 563 g/mol. The molecule has 6 nitrogen and oxygen atoms in total. The first kappa shape index (κ1) is 26.0. The Morgan fingerprint density at radius 1 is 0.372 bits per heavy atom. The predicted molar refractivity (Wildman–Crippen MR) is 174 cm³/mol. The van der Waals surface area contributed by atoms with Crippen molar-refractivity contribution < 1.29 is 9.47 Å². The molecular weight excluding hydrogens is 532 g/mol. The van der Waals surface area contributed by atoms with Gasteiger partial charge in [-0.2, -0.15) is 0 Å². The Bertz CT molecular complexity index is 1780. The maximum Gasteiger partial charge on any atom is 0.131 e. The van der Waals surface area contributed by atoms with Crippen LogP contribution in [0.25, 0.3) is 11.1 Å². The maximum absolute atomic E-state index is 6.13. The second kappa shape index (κ2) is 10.2. The molecule has 0 saturated heterocycles. The summed E-state index contributed by atoms with van der Waals surface area (Å²) in [4.78, 5) is 0. The van der Waals surface area contributed by atoms with Gasteiger partial charge in [-0.1, -0.05) is 72.8 Å². The van der Waals surface area contributed by atoms with Crippen molar-refractivity contribution in [1.82, 2.24) is 0 Å². The van der Waals surface area contributed by atoms with E-state index in [-0.39, 0.29) is 0 Å². The Labute approximate surface area is 250 Å². The van der Waals surface area contributed by atoms with Gasteiger partial charge in [-0.25, -0.2) is 0 Å².